The summed E-state index contributed by atoms with van der Waals surface area (Å²) in [7, 11) is -3.57. The lowest BCUT2D eigenvalue weighted by Crippen LogP contribution is -2.28. The van der Waals surface area contributed by atoms with Crippen molar-refractivity contribution in [3.63, 3.8) is 0 Å². The van der Waals surface area contributed by atoms with Crippen molar-refractivity contribution in [1.82, 2.24) is 4.72 Å². The number of hydrogen-bond acceptors (Lipinski definition) is 2. The molecule has 0 rings (SSSR count). The van der Waals surface area contributed by atoms with Gasteiger partial charge in [0.15, 0.2) is 0 Å². The number of alkyl halides is 4. The summed E-state index contributed by atoms with van der Waals surface area (Å²) < 4.78 is 60.2. The average molecular weight is 340 g/mol. The van der Waals surface area contributed by atoms with E-state index in [-0.39, 0.29) is 6.54 Å². The normalized spacial score (nSPS) is 14.9. The molecule has 17 heavy (non-hydrogen) atoms. The SMILES string of the molecule is CC(Br)CCCNS(=O)(=O)CCCC(F)(F)F. The van der Waals surface area contributed by atoms with Crippen LogP contribution in [0, 0.1) is 0 Å². The lowest BCUT2D eigenvalue weighted by molar-refractivity contribution is -0.134. The Morgan fingerprint density at radius 3 is 2.35 bits per heavy atom. The van der Waals surface area contributed by atoms with Gasteiger partial charge in [0, 0.05) is 17.8 Å². The molecule has 0 aromatic heterocycles. The summed E-state index contributed by atoms with van der Waals surface area (Å²) in [5.74, 6) is -0.476. The van der Waals surface area contributed by atoms with Gasteiger partial charge >= 0.3 is 6.18 Å². The highest BCUT2D eigenvalue weighted by molar-refractivity contribution is 9.09. The fourth-order valence-electron chi connectivity index (χ4n) is 1.15. The Bertz CT molecular complexity index is 304. The summed E-state index contributed by atoms with van der Waals surface area (Å²) in [6.45, 7) is 2.21. The van der Waals surface area contributed by atoms with Crippen LogP contribution in [0.15, 0.2) is 0 Å². The second-order valence-electron chi connectivity index (χ2n) is 3.85. The lowest BCUT2D eigenvalue weighted by Gasteiger charge is -2.08. The van der Waals surface area contributed by atoms with Crippen molar-refractivity contribution in [1.29, 1.82) is 0 Å². The highest BCUT2D eigenvalue weighted by Crippen LogP contribution is 2.21. The predicted octanol–water partition coefficient (Wildman–Crippen LogP) is 2.81. The molecule has 1 atom stereocenters. The van der Waals surface area contributed by atoms with E-state index in [0.29, 0.717) is 11.2 Å². The summed E-state index contributed by atoms with van der Waals surface area (Å²) >= 11 is 3.32. The van der Waals surface area contributed by atoms with Crippen LogP contribution in [0.1, 0.15) is 32.6 Å². The number of rotatable bonds is 8. The van der Waals surface area contributed by atoms with Crippen LogP contribution in [0.3, 0.4) is 0 Å². The van der Waals surface area contributed by atoms with Gasteiger partial charge in [-0.15, -0.1) is 0 Å². The predicted molar refractivity (Wildman–Crippen MR) is 64.7 cm³/mol. The van der Waals surface area contributed by atoms with Crippen molar-refractivity contribution in [2.75, 3.05) is 12.3 Å². The van der Waals surface area contributed by atoms with Crippen molar-refractivity contribution in [2.45, 2.75) is 43.6 Å². The molecule has 0 saturated carbocycles. The van der Waals surface area contributed by atoms with Crippen LogP contribution in [-0.4, -0.2) is 31.7 Å². The van der Waals surface area contributed by atoms with Gasteiger partial charge in [0.05, 0.1) is 5.75 Å². The lowest BCUT2D eigenvalue weighted by atomic mass is 10.2. The zero-order valence-corrected chi connectivity index (χ0v) is 12.0. The van der Waals surface area contributed by atoms with Crippen molar-refractivity contribution in [3.05, 3.63) is 0 Å². The van der Waals surface area contributed by atoms with Crippen molar-refractivity contribution < 1.29 is 21.6 Å². The van der Waals surface area contributed by atoms with Crippen LogP contribution in [0.4, 0.5) is 13.2 Å². The number of sulfonamides is 1. The molecule has 104 valence electrons. The van der Waals surface area contributed by atoms with E-state index >= 15 is 0 Å². The summed E-state index contributed by atoms with van der Waals surface area (Å²) in [4.78, 5) is 0.303. The Morgan fingerprint density at radius 1 is 1.29 bits per heavy atom. The standard InChI is InChI=1S/C9H17BrF3NO2S/c1-8(10)4-2-6-14-17(15,16)7-3-5-9(11,12)13/h8,14H,2-7H2,1H3. The Hall–Kier alpha value is 0.180. The molecule has 0 saturated heterocycles. The van der Waals surface area contributed by atoms with Crippen LogP contribution in [-0.2, 0) is 10.0 Å². The van der Waals surface area contributed by atoms with Gasteiger partial charge in [-0.2, -0.15) is 13.2 Å². The first-order valence-corrected chi connectivity index (χ1v) is 7.87. The maximum absolute atomic E-state index is 11.8. The maximum Gasteiger partial charge on any atom is 0.389 e. The highest BCUT2D eigenvalue weighted by atomic mass is 79.9. The minimum atomic E-state index is -4.29. The summed E-state index contributed by atoms with van der Waals surface area (Å²) in [6.07, 6.45) is -4.28. The molecule has 0 aromatic carbocycles. The molecule has 0 heterocycles. The van der Waals surface area contributed by atoms with Crippen molar-refractivity contribution in [2.24, 2.45) is 0 Å². The van der Waals surface area contributed by atoms with Crippen LogP contribution >= 0.6 is 15.9 Å². The molecule has 3 nitrogen and oxygen atoms in total. The average Bonchev–Trinajstić information content (AvgIpc) is 2.09. The monoisotopic (exact) mass is 339 g/mol. The van der Waals surface area contributed by atoms with Gasteiger partial charge in [-0.1, -0.05) is 22.9 Å². The smallest absolute Gasteiger partial charge is 0.215 e. The molecule has 0 aliphatic carbocycles. The molecule has 0 aromatic rings. The molecular weight excluding hydrogens is 323 g/mol. The van der Waals surface area contributed by atoms with E-state index in [0.717, 1.165) is 6.42 Å². The molecule has 0 aliphatic rings. The molecule has 0 bridgehead atoms. The summed E-state index contributed by atoms with van der Waals surface area (Å²) in [5.41, 5.74) is 0. The minimum absolute atomic E-state index is 0.268. The second-order valence-corrected chi connectivity index (χ2v) is 7.34. The van der Waals surface area contributed by atoms with E-state index in [1.54, 1.807) is 0 Å². The molecule has 1 N–H and O–H groups in total. The van der Waals surface area contributed by atoms with Crippen LogP contribution in [0.5, 0.6) is 0 Å². The third-order valence-corrected chi connectivity index (χ3v) is 3.90. The fourth-order valence-corrected chi connectivity index (χ4v) is 2.59. The Morgan fingerprint density at radius 2 is 1.88 bits per heavy atom. The Kier molecular flexibility index (Phi) is 7.66. The summed E-state index contributed by atoms with van der Waals surface area (Å²) in [6, 6.07) is 0. The third-order valence-electron chi connectivity index (χ3n) is 1.97. The molecule has 0 aliphatic heterocycles. The van der Waals surface area contributed by atoms with E-state index < -0.39 is 34.8 Å². The van der Waals surface area contributed by atoms with Gasteiger partial charge in [-0.3, -0.25) is 0 Å². The molecule has 1 unspecified atom stereocenters. The third kappa shape index (κ3) is 12.4. The molecule has 0 amide bonds. The zero-order valence-electron chi connectivity index (χ0n) is 9.56. The Labute approximate surface area is 108 Å². The van der Waals surface area contributed by atoms with E-state index in [9.17, 15) is 21.6 Å². The zero-order chi connectivity index (χ0) is 13.5. The number of hydrogen-bond donors (Lipinski definition) is 1. The first-order valence-electron chi connectivity index (χ1n) is 5.30. The molecule has 0 spiro atoms. The molecular formula is C9H17BrF3NO2S. The molecule has 8 heteroatoms. The van der Waals surface area contributed by atoms with Gasteiger partial charge < -0.3 is 0 Å². The van der Waals surface area contributed by atoms with E-state index in [4.69, 9.17) is 0 Å². The van der Waals surface area contributed by atoms with Gasteiger partial charge in [0.25, 0.3) is 0 Å². The minimum Gasteiger partial charge on any atom is -0.215 e. The van der Waals surface area contributed by atoms with Crippen LogP contribution in [0.25, 0.3) is 0 Å². The first-order chi connectivity index (χ1) is 7.62. The quantitative estimate of drug-likeness (QED) is 0.546. The van der Waals surface area contributed by atoms with Gasteiger partial charge in [-0.05, 0) is 19.3 Å². The highest BCUT2D eigenvalue weighted by Gasteiger charge is 2.27. The van der Waals surface area contributed by atoms with Crippen LogP contribution < -0.4 is 4.72 Å². The number of nitrogens with one attached hydrogen (secondary N) is 1. The maximum atomic E-state index is 11.8. The van der Waals surface area contributed by atoms with E-state index in [1.807, 2.05) is 6.92 Å². The van der Waals surface area contributed by atoms with Gasteiger partial charge in [-0.25, -0.2) is 13.1 Å². The van der Waals surface area contributed by atoms with Gasteiger partial charge in [0.1, 0.15) is 0 Å². The number of halogens is 4. The fraction of sp³-hybridized carbons (Fsp3) is 1.00. The first kappa shape index (κ1) is 17.2. The van der Waals surface area contributed by atoms with Crippen LogP contribution in [0.2, 0.25) is 0 Å². The largest absolute Gasteiger partial charge is 0.389 e. The van der Waals surface area contributed by atoms with E-state index in [1.165, 1.54) is 0 Å². The Balaban J connectivity index is 3.74. The van der Waals surface area contributed by atoms with Crippen molar-refractivity contribution in [3.8, 4) is 0 Å². The van der Waals surface area contributed by atoms with Crippen molar-refractivity contribution >= 4 is 26.0 Å². The van der Waals surface area contributed by atoms with E-state index in [2.05, 4.69) is 20.7 Å². The molecule has 0 radical (unpaired) electrons. The second kappa shape index (κ2) is 7.58. The molecule has 0 fully saturated rings. The van der Waals surface area contributed by atoms with Gasteiger partial charge in [0.2, 0.25) is 10.0 Å². The topological polar surface area (TPSA) is 46.2 Å². The summed E-state index contributed by atoms with van der Waals surface area (Å²) in [5, 5.41) is 0.